The van der Waals surface area contributed by atoms with E-state index in [-0.39, 0.29) is 0 Å². The molecule has 0 aliphatic carbocycles. The largest absolute Gasteiger partial charge is 0.450 e. The Morgan fingerprint density at radius 2 is 1.86 bits per heavy atom. The molecule has 0 saturated carbocycles. The van der Waals surface area contributed by atoms with Crippen molar-refractivity contribution < 1.29 is 9.53 Å². The molecule has 3 rings (SSSR count). The highest BCUT2D eigenvalue weighted by atomic mass is 16.5. The van der Waals surface area contributed by atoms with E-state index in [2.05, 4.69) is 47.6 Å². The van der Waals surface area contributed by atoms with Crippen LogP contribution in [0.4, 0.5) is 21.9 Å². The summed E-state index contributed by atoms with van der Waals surface area (Å²) in [5, 5.41) is 2.77. The van der Waals surface area contributed by atoms with Gasteiger partial charge in [0, 0.05) is 24.1 Å². The van der Waals surface area contributed by atoms with Crippen LogP contribution in [0, 0.1) is 0 Å². The average molecular weight is 296 g/mol. The second-order valence-corrected chi connectivity index (χ2v) is 5.38. The fourth-order valence-electron chi connectivity index (χ4n) is 2.90. The first-order valence-electron chi connectivity index (χ1n) is 7.57. The SMILES string of the molecule is CCOC(=O)Nc1ccc2c(c1)N(C)c1ccccc1CC2. The summed E-state index contributed by atoms with van der Waals surface area (Å²) in [5.74, 6) is 0. The highest BCUT2D eigenvalue weighted by Crippen LogP contribution is 2.36. The van der Waals surface area contributed by atoms with Crippen LogP contribution in [0.5, 0.6) is 0 Å². The molecule has 1 aliphatic heterocycles. The van der Waals surface area contributed by atoms with Gasteiger partial charge in [0.25, 0.3) is 0 Å². The van der Waals surface area contributed by atoms with Crippen molar-refractivity contribution >= 4 is 23.2 Å². The number of anilines is 3. The van der Waals surface area contributed by atoms with Crippen LogP contribution in [-0.4, -0.2) is 19.7 Å². The van der Waals surface area contributed by atoms with Gasteiger partial charge in [-0.25, -0.2) is 4.79 Å². The summed E-state index contributed by atoms with van der Waals surface area (Å²) in [5.41, 5.74) is 5.73. The van der Waals surface area contributed by atoms with E-state index in [1.165, 1.54) is 16.8 Å². The molecule has 0 aromatic heterocycles. The van der Waals surface area contributed by atoms with E-state index in [0.717, 1.165) is 24.2 Å². The van der Waals surface area contributed by atoms with E-state index in [0.29, 0.717) is 6.61 Å². The molecule has 0 fully saturated rings. The Morgan fingerprint density at radius 1 is 1.14 bits per heavy atom. The maximum absolute atomic E-state index is 11.6. The third-order valence-corrected chi connectivity index (χ3v) is 3.99. The maximum Gasteiger partial charge on any atom is 0.411 e. The molecule has 0 atom stereocenters. The summed E-state index contributed by atoms with van der Waals surface area (Å²) in [6, 6.07) is 14.5. The zero-order chi connectivity index (χ0) is 15.5. The number of carbonyl (C=O) groups is 1. The van der Waals surface area contributed by atoms with Gasteiger partial charge < -0.3 is 9.64 Å². The summed E-state index contributed by atoms with van der Waals surface area (Å²) in [4.78, 5) is 13.8. The third-order valence-electron chi connectivity index (χ3n) is 3.99. The highest BCUT2D eigenvalue weighted by Gasteiger charge is 2.18. The molecule has 22 heavy (non-hydrogen) atoms. The fourth-order valence-corrected chi connectivity index (χ4v) is 2.90. The van der Waals surface area contributed by atoms with Crippen molar-refractivity contribution in [1.82, 2.24) is 0 Å². The van der Waals surface area contributed by atoms with Crippen molar-refractivity contribution in [3.63, 3.8) is 0 Å². The van der Waals surface area contributed by atoms with E-state index < -0.39 is 6.09 Å². The monoisotopic (exact) mass is 296 g/mol. The summed E-state index contributed by atoms with van der Waals surface area (Å²) < 4.78 is 4.93. The van der Waals surface area contributed by atoms with E-state index in [1.54, 1.807) is 6.92 Å². The standard InChI is InChI=1S/C18H20N2O2/c1-3-22-18(21)19-15-11-10-14-9-8-13-6-4-5-7-16(13)20(2)17(14)12-15/h4-7,10-12H,3,8-9H2,1-2H3,(H,19,21). The summed E-state index contributed by atoms with van der Waals surface area (Å²) >= 11 is 0. The normalized spacial score (nSPS) is 12.9. The van der Waals surface area contributed by atoms with Crippen LogP contribution in [0.1, 0.15) is 18.1 Å². The van der Waals surface area contributed by atoms with Crippen LogP contribution in [0.15, 0.2) is 42.5 Å². The lowest BCUT2D eigenvalue weighted by Gasteiger charge is -2.22. The van der Waals surface area contributed by atoms with Crippen molar-refractivity contribution in [3.05, 3.63) is 53.6 Å². The number of rotatable bonds is 2. The second-order valence-electron chi connectivity index (χ2n) is 5.38. The number of hydrogen-bond donors (Lipinski definition) is 1. The molecule has 4 nitrogen and oxygen atoms in total. The number of para-hydroxylation sites is 1. The molecular weight excluding hydrogens is 276 g/mol. The van der Waals surface area contributed by atoms with E-state index in [1.807, 2.05) is 12.1 Å². The van der Waals surface area contributed by atoms with Gasteiger partial charge in [-0.05, 0) is 49.1 Å². The first-order valence-corrected chi connectivity index (χ1v) is 7.57. The number of aryl methyl sites for hydroxylation is 2. The molecule has 0 unspecified atom stereocenters. The van der Waals surface area contributed by atoms with Gasteiger partial charge in [-0.15, -0.1) is 0 Å². The molecule has 1 N–H and O–H groups in total. The van der Waals surface area contributed by atoms with E-state index >= 15 is 0 Å². The number of nitrogens with one attached hydrogen (secondary N) is 1. The van der Waals surface area contributed by atoms with Crippen molar-refractivity contribution in [3.8, 4) is 0 Å². The molecule has 1 aliphatic rings. The van der Waals surface area contributed by atoms with Gasteiger partial charge in [0.1, 0.15) is 0 Å². The Kier molecular flexibility index (Phi) is 4.00. The molecule has 0 saturated heterocycles. The molecule has 0 bridgehead atoms. The number of nitrogens with zero attached hydrogens (tertiary/aromatic N) is 1. The summed E-state index contributed by atoms with van der Waals surface area (Å²) in [7, 11) is 2.07. The predicted octanol–water partition coefficient (Wildman–Crippen LogP) is 4.12. The zero-order valence-corrected chi connectivity index (χ0v) is 12.9. The van der Waals surface area contributed by atoms with E-state index in [9.17, 15) is 4.79 Å². The van der Waals surface area contributed by atoms with Crippen molar-refractivity contribution in [2.24, 2.45) is 0 Å². The number of fused-ring (bicyclic) bond motifs is 2. The number of ether oxygens (including phenoxy) is 1. The van der Waals surface area contributed by atoms with Crippen molar-refractivity contribution in [2.45, 2.75) is 19.8 Å². The number of carbonyl (C=O) groups excluding carboxylic acids is 1. The first-order chi connectivity index (χ1) is 10.7. The number of amides is 1. The molecule has 2 aromatic carbocycles. The Bertz CT molecular complexity index is 697. The third kappa shape index (κ3) is 2.77. The van der Waals surface area contributed by atoms with Gasteiger partial charge in [0.05, 0.1) is 6.61 Å². The minimum absolute atomic E-state index is 0.365. The lowest BCUT2D eigenvalue weighted by Crippen LogP contribution is -2.15. The molecule has 2 aromatic rings. The van der Waals surface area contributed by atoms with Crippen molar-refractivity contribution in [1.29, 1.82) is 0 Å². The summed E-state index contributed by atoms with van der Waals surface area (Å²) in [6.45, 7) is 2.16. The molecule has 1 amide bonds. The molecule has 114 valence electrons. The van der Waals surface area contributed by atoms with Crippen LogP contribution < -0.4 is 10.2 Å². The van der Waals surface area contributed by atoms with Crippen LogP contribution >= 0.6 is 0 Å². The molecular formula is C18H20N2O2. The lowest BCUT2D eigenvalue weighted by atomic mass is 10.0. The lowest BCUT2D eigenvalue weighted by molar-refractivity contribution is 0.168. The van der Waals surface area contributed by atoms with Crippen LogP contribution in [0.2, 0.25) is 0 Å². The Balaban J connectivity index is 1.94. The Labute approximate surface area is 130 Å². The predicted molar refractivity (Wildman–Crippen MR) is 89.0 cm³/mol. The Morgan fingerprint density at radius 3 is 2.64 bits per heavy atom. The van der Waals surface area contributed by atoms with Gasteiger partial charge in [-0.1, -0.05) is 24.3 Å². The van der Waals surface area contributed by atoms with Gasteiger partial charge in [0.2, 0.25) is 0 Å². The van der Waals surface area contributed by atoms with Crippen LogP contribution in [0.3, 0.4) is 0 Å². The van der Waals surface area contributed by atoms with Gasteiger partial charge >= 0.3 is 6.09 Å². The van der Waals surface area contributed by atoms with Crippen molar-refractivity contribution in [2.75, 3.05) is 23.9 Å². The van der Waals surface area contributed by atoms with Gasteiger partial charge in [-0.2, -0.15) is 0 Å². The van der Waals surface area contributed by atoms with Crippen LogP contribution in [0.25, 0.3) is 0 Å². The fraction of sp³-hybridized carbons (Fsp3) is 0.278. The summed E-state index contributed by atoms with van der Waals surface area (Å²) in [6.07, 6.45) is 1.60. The number of benzene rings is 2. The molecule has 1 heterocycles. The van der Waals surface area contributed by atoms with Gasteiger partial charge in [-0.3, -0.25) is 5.32 Å². The zero-order valence-electron chi connectivity index (χ0n) is 12.9. The number of hydrogen-bond acceptors (Lipinski definition) is 3. The highest BCUT2D eigenvalue weighted by molar-refractivity contribution is 5.86. The average Bonchev–Trinajstić information content (AvgIpc) is 2.66. The van der Waals surface area contributed by atoms with E-state index in [4.69, 9.17) is 4.74 Å². The topological polar surface area (TPSA) is 41.6 Å². The minimum atomic E-state index is -0.417. The minimum Gasteiger partial charge on any atom is -0.450 e. The second kappa shape index (κ2) is 6.10. The quantitative estimate of drug-likeness (QED) is 0.906. The molecule has 0 spiro atoms. The Hall–Kier alpha value is -2.49. The molecule has 0 radical (unpaired) electrons. The van der Waals surface area contributed by atoms with Gasteiger partial charge in [0.15, 0.2) is 0 Å². The smallest absolute Gasteiger partial charge is 0.411 e. The van der Waals surface area contributed by atoms with Crippen LogP contribution in [-0.2, 0) is 17.6 Å². The first kappa shape index (κ1) is 14.4. The maximum atomic E-state index is 11.6. The molecule has 4 heteroatoms.